The second kappa shape index (κ2) is 19.7. The van der Waals surface area contributed by atoms with Gasteiger partial charge >= 0.3 is 0 Å². The Morgan fingerprint density at radius 2 is 1.49 bits per heavy atom. The van der Waals surface area contributed by atoms with Crippen molar-refractivity contribution in [3.05, 3.63) is 35.9 Å². The number of ether oxygens (including phenoxy) is 1. The van der Waals surface area contributed by atoms with Gasteiger partial charge in [0.05, 0.1) is 5.56 Å². The fourth-order valence-corrected chi connectivity index (χ4v) is 3.98. The first-order chi connectivity index (χ1) is 17.2. The molecule has 2 aromatic rings. The van der Waals surface area contributed by atoms with Gasteiger partial charge in [-0.05, 0) is 25.0 Å². The summed E-state index contributed by atoms with van der Waals surface area (Å²) in [7, 11) is 0. The van der Waals surface area contributed by atoms with Gasteiger partial charge in [0.15, 0.2) is 0 Å². The number of hydrogen-bond acceptors (Lipinski definition) is 4. The summed E-state index contributed by atoms with van der Waals surface area (Å²) in [6.07, 6.45) is 14.4. The number of phenols is 1. The summed E-state index contributed by atoms with van der Waals surface area (Å²) in [5.74, 6) is -0.408. The number of unbranched alkanes of at least 4 members (excludes halogenated alkanes) is 9. The molecule has 0 aliphatic carbocycles. The maximum Gasteiger partial charge on any atom is 0.255 e. The average Bonchev–Trinajstić information content (AvgIpc) is 2.88. The molecule has 0 unspecified atom stereocenters. The molecule has 0 aliphatic rings. The van der Waals surface area contributed by atoms with Gasteiger partial charge in [0.25, 0.3) is 5.91 Å². The molecule has 2 rings (SSSR count). The number of anilines is 1. The third kappa shape index (κ3) is 11.6. The van der Waals surface area contributed by atoms with Crippen molar-refractivity contribution in [3.63, 3.8) is 0 Å². The van der Waals surface area contributed by atoms with Crippen molar-refractivity contribution in [3.8, 4) is 5.75 Å². The molecule has 0 fully saturated rings. The van der Waals surface area contributed by atoms with Crippen LogP contribution in [0.4, 0.5) is 5.69 Å². The van der Waals surface area contributed by atoms with Gasteiger partial charge in [-0.2, -0.15) is 0 Å². The molecule has 2 aromatic carbocycles. The number of amides is 2. The van der Waals surface area contributed by atoms with E-state index in [1.807, 2.05) is 13.8 Å². The van der Waals surface area contributed by atoms with Crippen LogP contribution in [0, 0.1) is 0 Å². The standard InChI is InChI=1S/C27H40N2O4.C2H6/c1-2-3-4-5-6-7-8-9-10-11-19-33-20-13-18-28-27(32)24-17-16-22-23(26(24)31)14-12-15-25(22)29-21-30;1-2/h12,14-17,21,31H,2-11,13,18-20H2,1H3,(H,28,32)(H,29,30);1-2H3. The van der Waals surface area contributed by atoms with E-state index in [-0.39, 0.29) is 17.2 Å². The SMILES string of the molecule is CC.CCCCCCCCCCCCOCCCNC(=O)c1ccc2c(NC=O)cccc2c1O. The zero-order chi connectivity index (χ0) is 25.7. The topological polar surface area (TPSA) is 87.7 Å². The van der Waals surface area contributed by atoms with Crippen LogP contribution in [-0.4, -0.2) is 37.2 Å². The number of benzene rings is 2. The number of carbonyl (C=O) groups is 2. The molecule has 0 aromatic heterocycles. The summed E-state index contributed by atoms with van der Waals surface area (Å²) in [6, 6.07) is 8.49. The predicted molar refractivity (Wildman–Crippen MR) is 146 cm³/mol. The second-order valence-electron chi connectivity index (χ2n) is 8.53. The van der Waals surface area contributed by atoms with Crippen LogP contribution in [0.15, 0.2) is 30.3 Å². The molecule has 35 heavy (non-hydrogen) atoms. The van der Waals surface area contributed by atoms with Gasteiger partial charge in [-0.3, -0.25) is 9.59 Å². The van der Waals surface area contributed by atoms with Crippen LogP contribution in [0.25, 0.3) is 10.8 Å². The van der Waals surface area contributed by atoms with Crippen molar-refractivity contribution in [1.29, 1.82) is 0 Å². The number of fused-ring (bicyclic) bond motifs is 1. The lowest BCUT2D eigenvalue weighted by Gasteiger charge is -2.11. The average molecular weight is 487 g/mol. The number of carbonyl (C=O) groups excluding carboxylic acids is 2. The third-order valence-electron chi connectivity index (χ3n) is 5.89. The minimum atomic E-state index is -0.321. The molecular weight excluding hydrogens is 440 g/mol. The molecule has 0 heterocycles. The van der Waals surface area contributed by atoms with E-state index in [2.05, 4.69) is 17.6 Å². The van der Waals surface area contributed by atoms with Crippen molar-refractivity contribution in [2.75, 3.05) is 25.1 Å². The highest BCUT2D eigenvalue weighted by atomic mass is 16.5. The van der Waals surface area contributed by atoms with Crippen LogP contribution in [-0.2, 0) is 9.53 Å². The Balaban J connectivity index is 0.00000298. The van der Waals surface area contributed by atoms with Gasteiger partial charge in [0.1, 0.15) is 5.75 Å². The molecule has 0 atom stereocenters. The molecule has 0 radical (unpaired) electrons. The van der Waals surface area contributed by atoms with Crippen LogP contribution in [0.5, 0.6) is 5.75 Å². The molecule has 0 saturated carbocycles. The quantitative estimate of drug-likeness (QED) is 0.154. The summed E-state index contributed by atoms with van der Waals surface area (Å²) in [5, 5.41) is 17.2. The van der Waals surface area contributed by atoms with E-state index < -0.39 is 0 Å². The Bertz CT molecular complexity index is 854. The van der Waals surface area contributed by atoms with E-state index in [0.29, 0.717) is 36.0 Å². The van der Waals surface area contributed by atoms with Gasteiger partial charge in [-0.1, -0.05) is 96.8 Å². The number of aromatic hydroxyl groups is 1. The normalized spacial score (nSPS) is 10.5. The predicted octanol–water partition coefficient (Wildman–Crippen LogP) is 7.20. The zero-order valence-corrected chi connectivity index (χ0v) is 22.0. The van der Waals surface area contributed by atoms with Gasteiger partial charge in [-0.15, -0.1) is 0 Å². The van der Waals surface area contributed by atoms with Crippen molar-refractivity contribution in [1.82, 2.24) is 5.32 Å². The summed E-state index contributed by atoms with van der Waals surface area (Å²) in [6.45, 7) is 8.12. The molecule has 0 saturated heterocycles. The van der Waals surface area contributed by atoms with Crippen LogP contribution < -0.4 is 10.6 Å². The fourth-order valence-electron chi connectivity index (χ4n) is 3.98. The highest BCUT2D eigenvalue weighted by Crippen LogP contribution is 2.32. The fraction of sp³-hybridized carbons (Fsp3) is 0.586. The molecule has 0 aliphatic heterocycles. The highest BCUT2D eigenvalue weighted by molar-refractivity contribution is 6.07. The molecule has 6 heteroatoms. The largest absolute Gasteiger partial charge is 0.506 e. The Morgan fingerprint density at radius 3 is 2.14 bits per heavy atom. The summed E-state index contributed by atoms with van der Waals surface area (Å²) in [5.41, 5.74) is 0.807. The lowest BCUT2D eigenvalue weighted by Crippen LogP contribution is -2.25. The monoisotopic (exact) mass is 486 g/mol. The van der Waals surface area contributed by atoms with Gasteiger partial charge in [0.2, 0.25) is 6.41 Å². The Labute approximate surface area is 211 Å². The minimum absolute atomic E-state index is 0.0863. The van der Waals surface area contributed by atoms with Crippen molar-refractivity contribution in [2.24, 2.45) is 0 Å². The smallest absolute Gasteiger partial charge is 0.255 e. The van der Waals surface area contributed by atoms with E-state index in [1.54, 1.807) is 30.3 Å². The van der Waals surface area contributed by atoms with Gasteiger partial charge in [0, 0.05) is 36.2 Å². The maximum absolute atomic E-state index is 12.5. The molecular formula is C29H46N2O4. The van der Waals surface area contributed by atoms with E-state index in [1.165, 1.54) is 57.8 Å². The molecule has 0 bridgehead atoms. The molecule has 3 N–H and O–H groups in total. The number of nitrogens with one attached hydrogen (secondary N) is 2. The van der Waals surface area contributed by atoms with Gasteiger partial charge in [-0.25, -0.2) is 0 Å². The highest BCUT2D eigenvalue weighted by Gasteiger charge is 2.14. The molecule has 196 valence electrons. The first kappa shape index (κ1) is 30.4. The minimum Gasteiger partial charge on any atom is -0.506 e. The first-order valence-corrected chi connectivity index (χ1v) is 13.5. The molecule has 2 amide bonds. The van der Waals surface area contributed by atoms with Crippen LogP contribution in [0.3, 0.4) is 0 Å². The Morgan fingerprint density at radius 1 is 0.857 bits per heavy atom. The van der Waals surface area contributed by atoms with E-state index in [0.717, 1.165) is 19.4 Å². The number of phenolic OH excluding ortho intramolecular Hbond substituents is 1. The summed E-state index contributed by atoms with van der Waals surface area (Å²) in [4.78, 5) is 23.2. The van der Waals surface area contributed by atoms with Crippen molar-refractivity contribution < 1.29 is 19.4 Å². The first-order valence-electron chi connectivity index (χ1n) is 13.5. The Hall–Kier alpha value is -2.60. The third-order valence-corrected chi connectivity index (χ3v) is 5.89. The molecule has 0 spiro atoms. The van der Waals surface area contributed by atoms with Crippen LogP contribution >= 0.6 is 0 Å². The van der Waals surface area contributed by atoms with Crippen LogP contribution in [0.1, 0.15) is 102 Å². The van der Waals surface area contributed by atoms with E-state index in [4.69, 9.17) is 4.74 Å². The summed E-state index contributed by atoms with van der Waals surface area (Å²) >= 11 is 0. The lowest BCUT2D eigenvalue weighted by atomic mass is 10.0. The zero-order valence-electron chi connectivity index (χ0n) is 22.0. The maximum atomic E-state index is 12.5. The number of hydrogen-bond donors (Lipinski definition) is 3. The lowest BCUT2D eigenvalue weighted by molar-refractivity contribution is -0.105. The van der Waals surface area contributed by atoms with Crippen LogP contribution in [0.2, 0.25) is 0 Å². The van der Waals surface area contributed by atoms with E-state index in [9.17, 15) is 14.7 Å². The molecule has 6 nitrogen and oxygen atoms in total. The van der Waals surface area contributed by atoms with Crippen molar-refractivity contribution >= 4 is 28.8 Å². The van der Waals surface area contributed by atoms with E-state index >= 15 is 0 Å². The summed E-state index contributed by atoms with van der Waals surface area (Å²) < 4.78 is 5.67. The number of rotatable bonds is 18. The Kier molecular flexibility index (Phi) is 17.1. The van der Waals surface area contributed by atoms with Gasteiger partial charge < -0.3 is 20.5 Å². The second-order valence-corrected chi connectivity index (χ2v) is 8.53. The van der Waals surface area contributed by atoms with Crippen molar-refractivity contribution in [2.45, 2.75) is 91.4 Å².